The highest BCUT2D eigenvalue weighted by atomic mass is 16.3. The third-order valence-electron chi connectivity index (χ3n) is 2.48. The topological polar surface area (TPSA) is 37.3 Å². The van der Waals surface area contributed by atoms with E-state index >= 15 is 0 Å². The molecule has 0 aliphatic heterocycles. The maximum absolute atomic E-state index is 10.1. The number of rotatable bonds is 4. The molecule has 1 aliphatic carbocycles. The Bertz CT molecular complexity index is 136. The molecule has 0 aromatic carbocycles. The summed E-state index contributed by atoms with van der Waals surface area (Å²) in [4.78, 5) is 10.1. The van der Waals surface area contributed by atoms with Crippen LogP contribution >= 0.6 is 0 Å². The van der Waals surface area contributed by atoms with Gasteiger partial charge in [0.15, 0.2) is 0 Å². The van der Waals surface area contributed by atoms with E-state index in [4.69, 9.17) is 0 Å². The molecule has 0 saturated heterocycles. The fraction of sp³-hybridized carbons (Fsp3) is 0.889. The fourth-order valence-electron chi connectivity index (χ4n) is 1.58. The van der Waals surface area contributed by atoms with Crippen LogP contribution in [0.1, 0.15) is 39.0 Å². The Morgan fingerprint density at radius 3 is 2.64 bits per heavy atom. The van der Waals surface area contributed by atoms with Crippen molar-refractivity contribution < 1.29 is 9.90 Å². The first kappa shape index (κ1) is 8.72. The first-order valence-corrected chi connectivity index (χ1v) is 4.30. The Balaban J connectivity index is 2.25. The van der Waals surface area contributed by atoms with Crippen LogP contribution in [0.2, 0.25) is 0 Å². The SMILES string of the molecule is CC(O)(CC=O)CC1CCC1. The fourth-order valence-corrected chi connectivity index (χ4v) is 1.58. The quantitative estimate of drug-likeness (QED) is 0.626. The van der Waals surface area contributed by atoms with Crippen LogP contribution in [0.3, 0.4) is 0 Å². The summed E-state index contributed by atoms with van der Waals surface area (Å²) in [6.07, 6.45) is 5.64. The molecular weight excluding hydrogens is 140 g/mol. The smallest absolute Gasteiger partial charge is 0.122 e. The minimum atomic E-state index is -0.743. The number of hydrogen-bond acceptors (Lipinski definition) is 2. The average molecular weight is 156 g/mol. The van der Waals surface area contributed by atoms with Crippen molar-refractivity contribution in [2.75, 3.05) is 0 Å². The molecule has 0 aromatic rings. The Morgan fingerprint density at radius 2 is 2.27 bits per heavy atom. The van der Waals surface area contributed by atoms with Gasteiger partial charge in [-0.15, -0.1) is 0 Å². The van der Waals surface area contributed by atoms with Crippen LogP contribution in [0, 0.1) is 5.92 Å². The molecule has 1 fully saturated rings. The molecule has 0 spiro atoms. The lowest BCUT2D eigenvalue weighted by Gasteiger charge is -2.32. The predicted octanol–water partition coefficient (Wildman–Crippen LogP) is 1.52. The van der Waals surface area contributed by atoms with Gasteiger partial charge in [0, 0.05) is 6.42 Å². The largest absolute Gasteiger partial charge is 0.390 e. The van der Waals surface area contributed by atoms with E-state index in [9.17, 15) is 9.90 Å². The Labute approximate surface area is 67.6 Å². The molecule has 0 radical (unpaired) electrons. The number of carbonyl (C=O) groups excluding carboxylic acids is 1. The van der Waals surface area contributed by atoms with Crippen LogP contribution in [0.4, 0.5) is 0 Å². The second-order valence-electron chi connectivity index (χ2n) is 3.87. The lowest BCUT2D eigenvalue weighted by Crippen LogP contribution is -2.30. The molecule has 2 nitrogen and oxygen atoms in total. The van der Waals surface area contributed by atoms with E-state index < -0.39 is 5.60 Å². The average Bonchev–Trinajstić information content (AvgIpc) is 1.79. The summed E-state index contributed by atoms with van der Waals surface area (Å²) in [6, 6.07) is 0. The third kappa shape index (κ3) is 2.62. The molecule has 0 amide bonds. The van der Waals surface area contributed by atoms with Gasteiger partial charge in [-0.3, -0.25) is 0 Å². The van der Waals surface area contributed by atoms with Gasteiger partial charge < -0.3 is 9.90 Å². The van der Waals surface area contributed by atoms with Crippen LogP contribution in [0.15, 0.2) is 0 Å². The van der Waals surface area contributed by atoms with Crippen molar-refractivity contribution >= 4 is 6.29 Å². The van der Waals surface area contributed by atoms with Crippen LogP contribution in [0.5, 0.6) is 0 Å². The van der Waals surface area contributed by atoms with Gasteiger partial charge >= 0.3 is 0 Å². The predicted molar refractivity (Wildman–Crippen MR) is 43.3 cm³/mol. The molecule has 64 valence electrons. The van der Waals surface area contributed by atoms with Crippen molar-refractivity contribution in [3.63, 3.8) is 0 Å². The number of carbonyl (C=O) groups is 1. The first-order valence-electron chi connectivity index (χ1n) is 4.30. The van der Waals surface area contributed by atoms with Crippen molar-refractivity contribution in [3.05, 3.63) is 0 Å². The van der Waals surface area contributed by atoms with Crippen molar-refractivity contribution in [3.8, 4) is 0 Å². The third-order valence-corrected chi connectivity index (χ3v) is 2.48. The molecule has 0 aromatic heterocycles. The normalized spacial score (nSPS) is 23.8. The minimum Gasteiger partial charge on any atom is -0.390 e. The zero-order valence-corrected chi connectivity index (χ0v) is 7.05. The molecule has 1 saturated carbocycles. The van der Waals surface area contributed by atoms with E-state index in [2.05, 4.69) is 0 Å². The lowest BCUT2D eigenvalue weighted by molar-refractivity contribution is -0.112. The van der Waals surface area contributed by atoms with Gasteiger partial charge in [0.05, 0.1) is 5.60 Å². The van der Waals surface area contributed by atoms with Crippen molar-refractivity contribution in [2.45, 2.75) is 44.6 Å². The van der Waals surface area contributed by atoms with Gasteiger partial charge in [0.25, 0.3) is 0 Å². The van der Waals surface area contributed by atoms with Gasteiger partial charge in [-0.1, -0.05) is 19.3 Å². The summed E-state index contributed by atoms with van der Waals surface area (Å²) in [5, 5.41) is 9.62. The maximum atomic E-state index is 10.1. The van der Waals surface area contributed by atoms with E-state index in [-0.39, 0.29) is 6.42 Å². The van der Waals surface area contributed by atoms with Gasteiger partial charge in [-0.25, -0.2) is 0 Å². The summed E-state index contributed by atoms with van der Waals surface area (Å²) in [5.74, 6) is 0.671. The second-order valence-corrected chi connectivity index (χ2v) is 3.87. The summed E-state index contributed by atoms with van der Waals surface area (Å²) in [6.45, 7) is 1.75. The van der Waals surface area contributed by atoms with Crippen LogP contribution in [-0.2, 0) is 4.79 Å². The highest BCUT2D eigenvalue weighted by molar-refractivity contribution is 5.51. The molecule has 1 aliphatic rings. The zero-order chi connectivity index (χ0) is 8.32. The van der Waals surface area contributed by atoms with Gasteiger partial charge in [0.1, 0.15) is 6.29 Å². The summed E-state index contributed by atoms with van der Waals surface area (Å²) < 4.78 is 0. The van der Waals surface area contributed by atoms with E-state index in [1.807, 2.05) is 0 Å². The molecule has 2 heteroatoms. The number of aldehydes is 1. The zero-order valence-electron chi connectivity index (χ0n) is 7.05. The summed E-state index contributed by atoms with van der Waals surface area (Å²) in [5.41, 5.74) is -0.743. The highest BCUT2D eigenvalue weighted by Gasteiger charge is 2.28. The highest BCUT2D eigenvalue weighted by Crippen LogP contribution is 2.34. The number of hydrogen-bond donors (Lipinski definition) is 1. The monoisotopic (exact) mass is 156 g/mol. The Kier molecular flexibility index (Phi) is 2.66. The molecule has 1 unspecified atom stereocenters. The maximum Gasteiger partial charge on any atom is 0.122 e. The first-order chi connectivity index (χ1) is 5.14. The molecular formula is C9H16O2. The molecule has 1 atom stereocenters. The van der Waals surface area contributed by atoms with E-state index in [1.54, 1.807) is 6.92 Å². The van der Waals surface area contributed by atoms with Gasteiger partial charge in [0.2, 0.25) is 0 Å². The Morgan fingerprint density at radius 1 is 1.64 bits per heavy atom. The standard InChI is InChI=1S/C9H16O2/c1-9(11,5-6-10)7-8-3-2-4-8/h6,8,11H,2-5,7H2,1H3. The second kappa shape index (κ2) is 3.35. The van der Waals surface area contributed by atoms with Crippen LogP contribution < -0.4 is 0 Å². The van der Waals surface area contributed by atoms with E-state index in [0.717, 1.165) is 12.7 Å². The molecule has 11 heavy (non-hydrogen) atoms. The molecule has 1 rings (SSSR count). The van der Waals surface area contributed by atoms with Crippen molar-refractivity contribution in [1.82, 2.24) is 0 Å². The molecule has 0 heterocycles. The summed E-state index contributed by atoms with van der Waals surface area (Å²) in [7, 11) is 0. The van der Waals surface area contributed by atoms with Gasteiger partial charge in [-0.2, -0.15) is 0 Å². The van der Waals surface area contributed by atoms with Crippen LogP contribution in [-0.4, -0.2) is 17.0 Å². The van der Waals surface area contributed by atoms with Crippen LogP contribution in [0.25, 0.3) is 0 Å². The minimum absolute atomic E-state index is 0.281. The van der Waals surface area contributed by atoms with Gasteiger partial charge in [-0.05, 0) is 19.3 Å². The van der Waals surface area contributed by atoms with E-state index in [0.29, 0.717) is 5.92 Å². The lowest BCUT2D eigenvalue weighted by atomic mass is 9.77. The number of aliphatic hydroxyl groups is 1. The molecule has 1 N–H and O–H groups in total. The van der Waals surface area contributed by atoms with Crippen molar-refractivity contribution in [1.29, 1.82) is 0 Å². The van der Waals surface area contributed by atoms with Crippen molar-refractivity contribution in [2.24, 2.45) is 5.92 Å². The molecule has 0 bridgehead atoms. The summed E-state index contributed by atoms with van der Waals surface area (Å²) >= 11 is 0. The Hall–Kier alpha value is -0.370. The van der Waals surface area contributed by atoms with E-state index in [1.165, 1.54) is 19.3 Å².